The number of benzene rings is 2. The number of rotatable bonds is 6. The summed E-state index contributed by atoms with van der Waals surface area (Å²) < 4.78 is 13.6. The highest BCUT2D eigenvalue weighted by Crippen LogP contribution is 2.51. The summed E-state index contributed by atoms with van der Waals surface area (Å²) in [6.45, 7) is 27.2. The maximum atomic E-state index is 13.0. The van der Waals surface area contributed by atoms with Gasteiger partial charge in [-0.15, -0.1) is 56.9 Å². The lowest BCUT2D eigenvalue weighted by molar-refractivity contribution is -0.112. The molecule has 12 nitrogen and oxygen atoms in total. The molecule has 0 saturated heterocycles. The first-order valence-electron chi connectivity index (χ1n) is 22.3. The van der Waals surface area contributed by atoms with Gasteiger partial charge in [0.2, 0.25) is 11.1 Å². The number of carbonyl (C=O) groups is 4. The van der Waals surface area contributed by atoms with Gasteiger partial charge in [-0.3, -0.25) is 19.4 Å². The third kappa shape index (κ3) is 12.0. The number of aromatic nitrogens is 2. The summed E-state index contributed by atoms with van der Waals surface area (Å²) in [7, 11) is 0. The van der Waals surface area contributed by atoms with Crippen molar-refractivity contribution >= 4 is 122 Å². The smallest absolute Gasteiger partial charge is 0.411 e. The summed E-state index contributed by atoms with van der Waals surface area (Å²) in [6.07, 6.45) is 2.34. The van der Waals surface area contributed by atoms with Crippen LogP contribution in [0.5, 0.6) is 0 Å². The van der Waals surface area contributed by atoms with E-state index < -0.39 is 11.2 Å². The van der Waals surface area contributed by atoms with Gasteiger partial charge < -0.3 is 20.5 Å². The van der Waals surface area contributed by atoms with Crippen LogP contribution in [0.15, 0.2) is 49.1 Å². The minimum Gasteiger partial charge on any atom is -0.444 e. The molecule has 68 heavy (non-hydrogen) atoms. The van der Waals surface area contributed by atoms with Gasteiger partial charge in [0.15, 0.2) is 0 Å². The highest BCUT2D eigenvalue weighted by molar-refractivity contribution is 7.23. The van der Waals surface area contributed by atoms with Gasteiger partial charge in [0.05, 0.1) is 37.5 Å². The number of hydrogen-bond donors (Lipinski definition) is 2. The average molecular weight is 1040 g/mol. The van der Waals surface area contributed by atoms with Crippen molar-refractivity contribution in [3.8, 4) is 21.1 Å². The molecule has 18 heteroatoms. The van der Waals surface area contributed by atoms with Crippen LogP contribution < -0.4 is 11.1 Å². The van der Waals surface area contributed by atoms with E-state index in [4.69, 9.17) is 48.4 Å². The minimum absolute atomic E-state index is 0.0247. The number of nitrogens with one attached hydrogen (secondary N) is 1. The largest absolute Gasteiger partial charge is 0.444 e. The SMILES string of the molecule is C=CC(=O)Nc1sc2c(c1-c1nc3cc(C)ccc3s1)CC(C)N(C(=O)OC(C)(C)C)C2C.Cc1ccc2sc(-c3c(N)sc4c3CC(C)N(C(=O)OC(C)(C)C)C4C)nc2c1.O=C(Cl)CCCl. The molecule has 364 valence electrons. The molecule has 0 spiro atoms. The molecule has 6 heterocycles. The Bertz CT molecular complexity index is 2870. The molecule has 3 amide bonds. The Morgan fingerprint density at radius 3 is 1.62 bits per heavy atom. The molecule has 4 atom stereocenters. The second-order valence-corrected chi connectivity index (χ2v) is 24.0. The fraction of sp³-hybridized carbons (Fsp3) is 0.440. The van der Waals surface area contributed by atoms with Gasteiger partial charge in [-0.1, -0.05) is 18.7 Å². The molecular weight excluding hydrogens is 980 g/mol. The van der Waals surface area contributed by atoms with Gasteiger partial charge >= 0.3 is 12.2 Å². The quantitative estimate of drug-likeness (QED) is 0.0941. The van der Waals surface area contributed by atoms with Crippen molar-refractivity contribution in [1.29, 1.82) is 0 Å². The van der Waals surface area contributed by atoms with E-state index >= 15 is 0 Å². The number of anilines is 2. The van der Waals surface area contributed by atoms with Crippen molar-refractivity contribution in [3.05, 3.63) is 81.1 Å². The Labute approximate surface area is 424 Å². The van der Waals surface area contributed by atoms with Crippen molar-refractivity contribution < 1.29 is 28.7 Å². The van der Waals surface area contributed by atoms with E-state index in [1.807, 2.05) is 60.3 Å². The zero-order chi connectivity index (χ0) is 50.2. The van der Waals surface area contributed by atoms with E-state index in [0.29, 0.717) is 12.3 Å². The normalized spacial score (nSPS) is 17.9. The van der Waals surface area contributed by atoms with E-state index in [1.54, 1.807) is 38.9 Å². The van der Waals surface area contributed by atoms with Crippen LogP contribution in [-0.2, 0) is 31.9 Å². The first-order valence-corrected chi connectivity index (χ1v) is 26.5. The van der Waals surface area contributed by atoms with Gasteiger partial charge in [-0.05, 0) is 160 Å². The van der Waals surface area contributed by atoms with Crippen LogP contribution in [-0.4, -0.2) is 72.3 Å². The Kier molecular flexibility index (Phi) is 16.4. The molecule has 0 radical (unpaired) electrons. The molecule has 8 rings (SSSR count). The molecule has 4 aromatic heterocycles. The summed E-state index contributed by atoms with van der Waals surface area (Å²) in [5.41, 5.74) is 14.1. The van der Waals surface area contributed by atoms with Crippen LogP contribution in [0, 0.1) is 13.8 Å². The molecule has 0 bridgehead atoms. The molecule has 0 saturated carbocycles. The number of alkyl halides is 1. The molecule has 2 aromatic carbocycles. The monoisotopic (exact) mass is 1040 g/mol. The Hall–Kier alpha value is -4.58. The van der Waals surface area contributed by atoms with Crippen LogP contribution in [0.2, 0.25) is 0 Å². The number of carbonyl (C=O) groups excluding carboxylic acids is 4. The zero-order valence-corrected chi connectivity index (χ0v) is 45.4. The number of nitrogen functional groups attached to an aromatic ring is 1. The second kappa shape index (κ2) is 21.2. The zero-order valence-electron chi connectivity index (χ0n) is 40.6. The first kappa shape index (κ1) is 52.8. The third-order valence-corrected chi connectivity index (χ3v) is 16.1. The summed E-state index contributed by atoms with van der Waals surface area (Å²) in [5.74, 6) is 0.0546. The molecule has 2 aliphatic heterocycles. The number of amides is 3. The number of nitrogens with zero attached hydrogens (tertiary/aromatic N) is 4. The van der Waals surface area contributed by atoms with Crippen molar-refractivity contribution in [1.82, 2.24) is 19.8 Å². The van der Waals surface area contributed by atoms with Crippen LogP contribution in [0.4, 0.5) is 19.6 Å². The van der Waals surface area contributed by atoms with Crippen molar-refractivity contribution in [2.45, 2.75) is 138 Å². The van der Waals surface area contributed by atoms with Crippen molar-refractivity contribution in [3.63, 3.8) is 0 Å². The van der Waals surface area contributed by atoms with E-state index in [2.05, 4.69) is 76.0 Å². The summed E-state index contributed by atoms with van der Waals surface area (Å²) in [6, 6.07) is 12.3. The molecule has 0 fully saturated rings. The highest BCUT2D eigenvalue weighted by atomic mass is 35.5. The Morgan fingerprint density at radius 1 is 0.765 bits per heavy atom. The van der Waals surface area contributed by atoms with Crippen LogP contribution in [0.1, 0.15) is 120 Å². The number of hydrogen-bond acceptors (Lipinski definition) is 13. The number of aryl methyl sites for hydroxylation is 2. The fourth-order valence-electron chi connectivity index (χ4n) is 8.25. The predicted molar refractivity (Wildman–Crippen MR) is 284 cm³/mol. The predicted octanol–water partition coefficient (Wildman–Crippen LogP) is 14.2. The van der Waals surface area contributed by atoms with Crippen molar-refractivity contribution in [2.75, 3.05) is 16.9 Å². The lowest BCUT2D eigenvalue weighted by Crippen LogP contribution is -2.46. The van der Waals surface area contributed by atoms with Gasteiger partial charge in [-0.2, -0.15) is 0 Å². The fourth-order valence-corrected chi connectivity index (χ4v) is 13.2. The maximum absolute atomic E-state index is 13.0. The van der Waals surface area contributed by atoms with Crippen LogP contribution in [0.3, 0.4) is 0 Å². The molecular formula is C50H60Cl2N6O6S4. The van der Waals surface area contributed by atoms with Gasteiger partial charge in [0.25, 0.3) is 0 Å². The summed E-state index contributed by atoms with van der Waals surface area (Å²) >= 11 is 16.3. The topological polar surface area (TPSA) is 157 Å². The van der Waals surface area contributed by atoms with Crippen LogP contribution >= 0.6 is 68.5 Å². The lowest BCUT2D eigenvalue weighted by Gasteiger charge is -2.39. The lowest BCUT2D eigenvalue weighted by atomic mass is 9.93. The summed E-state index contributed by atoms with van der Waals surface area (Å²) in [5, 5.41) is 5.96. The van der Waals surface area contributed by atoms with E-state index in [0.717, 1.165) is 78.9 Å². The minimum atomic E-state index is -0.570. The van der Waals surface area contributed by atoms with E-state index in [-0.39, 0.29) is 53.9 Å². The van der Waals surface area contributed by atoms with Crippen molar-refractivity contribution in [2.24, 2.45) is 0 Å². The number of nitrogens with two attached hydrogens (primary N) is 1. The molecule has 2 aliphatic rings. The van der Waals surface area contributed by atoms with Gasteiger partial charge in [-0.25, -0.2) is 19.6 Å². The number of thiophene rings is 2. The molecule has 3 N–H and O–H groups in total. The number of thiazole rings is 2. The Morgan fingerprint density at radius 2 is 1.21 bits per heavy atom. The summed E-state index contributed by atoms with van der Waals surface area (Å²) in [4.78, 5) is 63.4. The highest BCUT2D eigenvalue weighted by Gasteiger charge is 2.41. The standard InChI is InChI=1S/C25H29N3O3S2.C22H27N3O2S2.C3H4Cl2O/c1-8-19(29)27-23-20(22-26-17-11-13(2)9-10-18(17)32-22)16-12-14(3)28(15(4)21(16)33-23)24(30)31-25(5,6)7;1-11-7-8-16-15(9-11)24-20(28-16)17-14-10-12(2)25(21(26)27-22(4,5)6)13(3)18(14)29-19(17)23;4-2-1-3(5)6/h8-11,14-15H,1,12H2,2-7H3,(H,27,29);7-9,12-13H,10,23H2,1-6H3;1-2H2. The average Bonchev–Trinajstić information content (AvgIpc) is 3.99. The molecule has 4 unspecified atom stereocenters. The van der Waals surface area contributed by atoms with E-state index in [9.17, 15) is 19.2 Å². The second-order valence-electron chi connectivity index (χ2n) is 19.0. The van der Waals surface area contributed by atoms with Crippen LogP contribution in [0.25, 0.3) is 41.6 Å². The molecule has 6 aromatic rings. The Balaban J connectivity index is 0.000000201. The number of halogens is 2. The number of ether oxygens (including phenoxy) is 2. The van der Waals surface area contributed by atoms with E-state index in [1.165, 1.54) is 28.5 Å². The van der Waals surface area contributed by atoms with Gasteiger partial charge in [0, 0.05) is 45.3 Å². The maximum Gasteiger partial charge on any atom is 0.411 e. The first-order chi connectivity index (χ1) is 31.8. The number of fused-ring (bicyclic) bond motifs is 4. The molecule has 0 aliphatic carbocycles. The third-order valence-electron chi connectivity index (χ3n) is 11.1. The van der Waals surface area contributed by atoms with Gasteiger partial charge in [0.1, 0.15) is 26.2 Å².